The maximum Gasteiger partial charge on any atom is -0.0320 e. The highest BCUT2D eigenvalue weighted by Crippen LogP contribution is 2.16. The predicted molar refractivity (Wildman–Crippen MR) is 94.4 cm³/mol. The maximum absolute atomic E-state index is 2.54. The van der Waals surface area contributed by atoms with Crippen LogP contribution in [0, 0.1) is 0 Å². The first-order chi connectivity index (χ1) is 9.85. The Hall–Kier alpha value is -0.260. The van der Waals surface area contributed by atoms with Gasteiger partial charge >= 0.3 is 0 Å². The second-order valence-corrected chi connectivity index (χ2v) is 6.29. The Balaban J connectivity index is 3.40. The molecule has 0 aliphatic carbocycles. The summed E-state index contributed by atoms with van der Waals surface area (Å²) in [5.41, 5.74) is 1.71. The highest BCUT2D eigenvalue weighted by molar-refractivity contribution is 5.00. The van der Waals surface area contributed by atoms with Gasteiger partial charge in [0.25, 0.3) is 0 Å². The van der Waals surface area contributed by atoms with E-state index in [-0.39, 0.29) is 0 Å². The van der Waals surface area contributed by atoms with Crippen molar-refractivity contribution in [1.82, 2.24) is 0 Å². The fourth-order valence-corrected chi connectivity index (χ4v) is 2.79. The molecule has 0 nitrogen and oxygen atoms in total. The lowest BCUT2D eigenvalue weighted by atomic mass is 10.0. The molecule has 0 aromatic heterocycles. The molecular weight excluding hydrogens is 240 g/mol. The third-order valence-corrected chi connectivity index (χ3v) is 4.30. The standard InChI is InChI=1S/C20H40/c1-4-7-9-11-12-13-14-15-17-19-20(6-3)18-16-10-8-5-2/h19H,4-18H2,1-3H3/b20-19+. The van der Waals surface area contributed by atoms with Crippen LogP contribution in [0.2, 0.25) is 0 Å². The Kier molecular flexibility index (Phi) is 16.6. The Morgan fingerprint density at radius 1 is 0.600 bits per heavy atom. The monoisotopic (exact) mass is 280 g/mol. The van der Waals surface area contributed by atoms with Crippen molar-refractivity contribution in [3.8, 4) is 0 Å². The first-order valence-corrected chi connectivity index (χ1v) is 9.53. The Labute approximate surface area is 129 Å². The van der Waals surface area contributed by atoms with Crippen molar-refractivity contribution >= 4 is 0 Å². The summed E-state index contributed by atoms with van der Waals surface area (Å²) >= 11 is 0. The molecule has 0 rings (SSSR count). The summed E-state index contributed by atoms with van der Waals surface area (Å²) in [6, 6.07) is 0. The third kappa shape index (κ3) is 14.2. The molecule has 0 spiro atoms. The number of rotatable bonds is 15. The van der Waals surface area contributed by atoms with E-state index in [1.807, 2.05) is 0 Å². The Bertz CT molecular complexity index is 202. The number of allylic oxidation sites excluding steroid dienone is 2. The van der Waals surface area contributed by atoms with Crippen LogP contribution in [0.1, 0.15) is 117 Å². The summed E-state index contributed by atoms with van der Waals surface area (Å²) in [6.07, 6.45) is 23.6. The van der Waals surface area contributed by atoms with Crippen molar-refractivity contribution < 1.29 is 0 Å². The topological polar surface area (TPSA) is 0 Å². The van der Waals surface area contributed by atoms with Crippen LogP contribution in [-0.4, -0.2) is 0 Å². The zero-order valence-electron chi connectivity index (χ0n) is 14.7. The molecular formula is C20H40. The van der Waals surface area contributed by atoms with Gasteiger partial charge < -0.3 is 0 Å². The molecule has 0 heteroatoms. The van der Waals surface area contributed by atoms with Gasteiger partial charge in [-0.05, 0) is 32.1 Å². The average molecular weight is 281 g/mol. The normalized spacial score (nSPS) is 12.1. The van der Waals surface area contributed by atoms with E-state index < -0.39 is 0 Å². The molecule has 0 aliphatic rings. The minimum atomic E-state index is 1.27. The van der Waals surface area contributed by atoms with Gasteiger partial charge in [-0.15, -0.1) is 0 Å². The average Bonchev–Trinajstić information content (AvgIpc) is 2.47. The van der Waals surface area contributed by atoms with Crippen LogP contribution in [0.4, 0.5) is 0 Å². The van der Waals surface area contributed by atoms with Gasteiger partial charge in [0.1, 0.15) is 0 Å². The van der Waals surface area contributed by atoms with Gasteiger partial charge in [-0.3, -0.25) is 0 Å². The summed E-state index contributed by atoms with van der Waals surface area (Å²) in [6.45, 7) is 6.90. The van der Waals surface area contributed by atoms with Gasteiger partial charge in [-0.2, -0.15) is 0 Å². The molecule has 0 radical (unpaired) electrons. The molecule has 0 amide bonds. The fourth-order valence-electron chi connectivity index (χ4n) is 2.79. The van der Waals surface area contributed by atoms with Gasteiger partial charge in [0.15, 0.2) is 0 Å². The van der Waals surface area contributed by atoms with E-state index in [2.05, 4.69) is 26.8 Å². The van der Waals surface area contributed by atoms with Crippen LogP contribution < -0.4 is 0 Å². The molecule has 0 heterocycles. The summed E-state index contributed by atoms with van der Waals surface area (Å²) in [5, 5.41) is 0. The van der Waals surface area contributed by atoms with Crippen LogP contribution >= 0.6 is 0 Å². The zero-order valence-corrected chi connectivity index (χ0v) is 14.7. The number of hydrogen-bond donors (Lipinski definition) is 0. The predicted octanol–water partition coefficient (Wildman–Crippen LogP) is 7.82. The molecule has 0 bridgehead atoms. The van der Waals surface area contributed by atoms with E-state index in [1.54, 1.807) is 5.57 Å². The largest absolute Gasteiger partial charge is 0.0853 e. The van der Waals surface area contributed by atoms with Crippen molar-refractivity contribution in [2.24, 2.45) is 0 Å². The lowest BCUT2D eigenvalue weighted by molar-refractivity contribution is 0.576. The molecule has 0 saturated carbocycles. The quantitative estimate of drug-likeness (QED) is 0.212. The zero-order chi connectivity index (χ0) is 14.9. The lowest BCUT2D eigenvalue weighted by Gasteiger charge is -2.05. The van der Waals surface area contributed by atoms with E-state index in [1.165, 1.54) is 96.3 Å². The van der Waals surface area contributed by atoms with Crippen LogP contribution in [0.3, 0.4) is 0 Å². The summed E-state index contributed by atoms with van der Waals surface area (Å²) in [7, 11) is 0. The Morgan fingerprint density at radius 3 is 1.65 bits per heavy atom. The first kappa shape index (κ1) is 19.7. The minimum absolute atomic E-state index is 1.27. The molecule has 0 fully saturated rings. The first-order valence-electron chi connectivity index (χ1n) is 9.53. The van der Waals surface area contributed by atoms with Gasteiger partial charge in [-0.1, -0.05) is 96.6 Å². The molecule has 0 saturated heterocycles. The third-order valence-electron chi connectivity index (χ3n) is 4.30. The van der Waals surface area contributed by atoms with Crippen molar-refractivity contribution in [3.05, 3.63) is 11.6 Å². The van der Waals surface area contributed by atoms with Crippen molar-refractivity contribution in [2.75, 3.05) is 0 Å². The molecule has 0 N–H and O–H groups in total. The van der Waals surface area contributed by atoms with Crippen LogP contribution in [0.25, 0.3) is 0 Å². The smallest absolute Gasteiger partial charge is 0.0320 e. The van der Waals surface area contributed by atoms with Crippen LogP contribution in [0.5, 0.6) is 0 Å². The van der Waals surface area contributed by atoms with Gasteiger partial charge in [-0.25, -0.2) is 0 Å². The van der Waals surface area contributed by atoms with E-state index in [0.29, 0.717) is 0 Å². The number of unbranched alkanes of at least 4 members (excludes halogenated alkanes) is 11. The van der Waals surface area contributed by atoms with E-state index in [9.17, 15) is 0 Å². The molecule has 120 valence electrons. The van der Waals surface area contributed by atoms with Gasteiger partial charge in [0, 0.05) is 0 Å². The molecule has 0 aromatic carbocycles. The lowest BCUT2D eigenvalue weighted by Crippen LogP contribution is -1.85. The summed E-state index contributed by atoms with van der Waals surface area (Å²) < 4.78 is 0. The van der Waals surface area contributed by atoms with Gasteiger partial charge in [0.05, 0.1) is 0 Å². The highest BCUT2D eigenvalue weighted by Gasteiger charge is 1.96. The molecule has 0 aromatic rings. The maximum atomic E-state index is 2.54. The fraction of sp³-hybridized carbons (Fsp3) is 0.900. The second kappa shape index (κ2) is 16.8. The number of hydrogen-bond acceptors (Lipinski definition) is 0. The van der Waals surface area contributed by atoms with E-state index in [0.717, 1.165) is 0 Å². The van der Waals surface area contributed by atoms with Crippen molar-refractivity contribution in [1.29, 1.82) is 0 Å². The highest BCUT2D eigenvalue weighted by atomic mass is 14.0. The Morgan fingerprint density at radius 2 is 1.10 bits per heavy atom. The minimum Gasteiger partial charge on any atom is -0.0853 e. The van der Waals surface area contributed by atoms with Crippen molar-refractivity contribution in [3.63, 3.8) is 0 Å². The molecule has 0 atom stereocenters. The summed E-state index contributed by atoms with van der Waals surface area (Å²) in [5.74, 6) is 0. The SMILES string of the molecule is CCCCCCCCCC/C=C(\CC)CCCCCC. The van der Waals surface area contributed by atoms with E-state index in [4.69, 9.17) is 0 Å². The van der Waals surface area contributed by atoms with Gasteiger partial charge in [0.2, 0.25) is 0 Å². The summed E-state index contributed by atoms with van der Waals surface area (Å²) in [4.78, 5) is 0. The second-order valence-electron chi connectivity index (χ2n) is 6.29. The van der Waals surface area contributed by atoms with Crippen molar-refractivity contribution in [2.45, 2.75) is 117 Å². The molecule has 0 unspecified atom stereocenters. The molecule has 0 aliphatic heterocycles. The van der Waals surface area contributed by atoms with Crippen LogP contribution in [-0.2, 0) is 0 Å². The van der Waals surface area contributed by atoms with E-state index >= 15 is 0 Å². The molecule has 20 heavy (non-hydrogen) atoms. The van der Waals surface area contributed by atoms with Crippen LogP contribution in [0.15, 0.2) is 11.6 Å².